The van der Waals surface area contributed by atoms with Crippen molar-refractivity contribution in [2.75, 3.05) is 11.9 Å². The lowest BCUT2D eigenvalue weighted by molar-refractivity contribution is 0.0951. The zero-order chi connectivity index (χ0) is 14.2. The second-order valence-electron chi connectivity index (χ2n) is 5.84. The van der Waals surface area contributed by atoms with Crippen molar-refractivity contribution in [3.8, 4) is 11.1 Å². The van der Waals surface area contributed by atoms with Gasteiger partial charge >= 0.3 is 0 Å². The smallest absolute Gasteiger partial charge is 0.251 e. The molecule has 2 aromatic carbocycles. The predicted molar refractivity (Wildman–Crippen MR) is 84.6 cm³/mol. The highest BCUT2D eigenvalue weighted by molar-refractivity contribution is 5.97. The molecule has 1 amide bonds. The monoisotopic (exact) mass is 278 g/mol. The van der Waals surface area contributed by atoms with Gasteiger partial charge in [-0.15, -0.1) is 0 Å². The SMILES string of the molecule is O=C(NC1CC1)c1ccc2c(c1)-c1ccccc1NCC2. The zero-order valence-electron chi connectivity index (χ0n) is 11.9. The van der Waals surface area contributed by atoms with Crippen LogP contribution in [0, 0.1) is 0 Å². The summed E-state index contributed by atoms with van der Waals surface area (Å²) in [5.74, 6) is 0.0509. The Bertz CT molecular complexity index is 704. The average molecular weight is 278 g/mol. The minimum Gasteiger partial charge on any atom is -0.384 e. The highest BCUT2D eigenvalue weighted by Crippen LogP contribution is 2.34. The minimum absolute atomic E-state index is 0.0509. The highest BCUT2D eigenvalue weighted by Gasteiger charge is 2.24. The van der Waals surface area contributed by atoms with Crippen molar-refractivity contribution >= 4 is 11.6 Å². The number of carbonyl (C=O) groups is 1. The summed E-state index contributed by atoms with van der Waals surface area (Å²) < 4.78 is 0. The molecule has 0 radical (unpaired) electrons. The van der Waals surface area contributed by atoms with Crippen LogP contribution >= 0.6 is 0 Å². The Morgan fingerprint density at radius 1 is 1.10 bits per heavy atom. The number of amides is 1. The van der Waals surface area contributed by atoms with E-state index in [0.717, 1.165) is 37.1 Å². The van der Waals surface area contributed by atoms with Gasteiger partial charge in [0.15, 0.2) is 0 Å². The quantitative estimate of drug-likeness (QED) is 0.885. The molecule has 0 unspecified atom stereocenters. The van der Waals surface area contributed by atoms with E-state index in [9.17, 15) is 4.79 Å². The largest absolute Gasteiger partial charge is 0.384 e. The van der Waals surface area contributed by atoms with Crippen molar-refractivity contribution < 1.29 is 4.79 Å². The normalized spacial score (nSPS) is 16.2. The third-order valence-electron chi connectivity index (χ3n) is 4.21. The van der Waals surface area contributed by atoms with Gasteiger partial charge in [-0.25, -0.2) is 0 Å². The van der Waals surface area contributed by atoms with Gasteiger partial charge in [0.1, 0.15) is 0 Å². The summed E-state index contributed by atoms with van der Waals surface area (Å²) in [5, 5.41) is 6.52. The van der Waals surface area contributed by atoms with Gasteiger partial charge in [-0.3, -0.25) is 4.79 Å². The molecular weight excluding hydrogens is 260 g/mol. The summed E-state index contributed by atoms with van der Waals surface area (Å²) in [6.45, 7) is 0.928. The molecule has 0 spiro atoms. The molecule has 1 fully saturated rings. The van der Waals surface area contributed by atoms with Crippen LogP contribution < -0.4 is 10.6 Å². The molecule has 3 heteroatoms. The van der Waals surface area contributed by atoms with E-state index in [0.29, 0.717) is 6.04 Å². The van der Waals surface area contributed by atoms with Gasteiger partial charge in [-0.2, -0.15) is 0 Å². The van der Waals surface area contributed by atoms with Gasteiger partial charge in [0, 0.05) is 29.4 Å². The molecule has 1 saturated carbocycles. The van der Waals surface area contributed by atoms with Crippen molar-refractivity contribution in [3.05, 3.63) is 53.6 Å². The van der Waals surface area contributed by atoms with Crippen molar-refractivity contribution in [2.45, 2.75) is 25.3 Å². The summed E-state index contributed by atoms with van der Waals surface area (Å²) in [7, 11) is 0. The Labute approximate surface area is 124 Å². The molecule has 0 atom stereocenters. The average Bonchev–Trinajstić information content (AvgIpc) is 3.33. The topological polar surface area (TPSA) is 41.1 Å². The molecule has 1 heterocycles. The van der Waals surface area contributed by atoms with Crippen LogP contribution in [-0.4, -0.2) is 18.5 Å². The molecule has 106 valence electrons. The number of benzene rings is 2. The lowest BCUT2D eigenvalue weighted by atomic mass is 9.95. The van der Waals surface area contributed by atoms with Crippen LogP contribution in [-0.2, 0) is 6.42 Å². The van der Waals surface area contributed by atoms with Crippen molar-refractivity contribution in [1.29, 1.82) is 0 Å². The first-order chi connectivity index (χ1) is 10.3. The van der Waals surface area contributed by atoms with Crippen molar-refractivity contribution in [1.82, 2.24) is 5.32 Å². The summed E-state index contributed by atoms with van der Waals surface area (Å²) >= 11 is 0. The van der Waals surface area contributed by atoms with Crippen LogP contribution in [0.25, 0.3) is 11.1 Å². The number of para-hydroxylation sites is 1. The van der Waals surface area contributed by atoms with Gasteiger partial charge in [0.2, 0.25) is 0 Å². The number of nitrogens with one attached hydrogen (secondary N) is 2. The van der Waals surface area contributed by atoms with Crippen LogP contribution in [0.15, 0.2) is 42.5 Å². The lowest BCUT2D eigenvalue weighted by Gasteiger charge is -2.11. The first-order valence-corrected chi connectivity index (χ1v) is 7.58. The fraction of sp³-hybridized carbons (Fsp3) is 0.278. The Kier molecular flexibility index (Phi) is 2.92. The number of rotatable bonds is 2. The number of carbonyl (C=O) groups excluding carboxylic acids is 1. The molecule has 2 aromatic rings. The first-order valence-electron chi connectivity index (χ1n) is 7.58. The highest BCUT2D eigenvalue weighted by atomic mass is 16.1. The van der Waals surface area contributed by atoms with E-state index >= 15 is 0 Å². The molecule has 0 bridgehead atoms. The van der Waals surface area contributed by atoms with E-state index in [4.69, 9.17) is 0 Å². The van der Waals surface area contributed by atoms with Crippen molar-refractivity contribution in [2.24, 2.45) is 0 Å². The third-order valence-corrected chi connectivity index (χ3v) is 4.21. The standard InChI is InChI=1S/C18H18N2O/c21-18(20-14-7-8-14)13-6-5-12-9-10-19-17-4-2-1-3-15(17)16(12)11-13/h1-6,11,14,19H,7-10H2,(H,20,21). The van der Waals surface area contributed by atoms with E-state index in [1.165, 1.54) is 16.7 Å². The Morgan fingerprint density at radius 2 is 1.95 bits per heavy atom. The van der Waals surface area contributed by atoms with E-state index < -0.39 is 0 Å². The fourth-order valence-electron chi connectivity index (χ4n) is 2.89. The van der Waals surface area contributed by atoms with Crippen LogP contribution in [0.1, 0.15) is 28.8 Å². The first kappa shape index (κ1) is 12.5. The van der Waals surface area contributed by atoms with Gasteiger partial charge in [0.25, 0.3) is 5.91 Å². The van der Waals surface area contributed by atoms with E-state index in [2.05, 4.69) is 28.8 Å². The van der Waals surface area contributed by atoms with Gasteiger partial charge < -0.3 is 10.6 Å². The predicted octanol–water partition coefficient (Wildman–Crippen LogP) is 3.21. The van der Waals surface area contributed by atoms with Gasteiger partial charge in [0.05, 0.1) is 0 Å². The summed E-state index contributed by atoms with van der Waals surface area (Å²) in [6.07, 6.45) is 3.21. The molecule has 2 N–H and O–H groups in total. The molecule has 1 aliphatic carbocycles. The number of fused-ring (bicyclic) bond motifs is 3. The number of hydrogen-bond acceptors (Lipinski definition) is 2. The maximum Gasteiger partial charge on any atom is 0.251 e. The minimum atomic E-state index is 0.0509. The van der Waals surface area contributed by atoms with Crippen molar-refractivity contribution in [3.63, 3.8) is 0 Å². The van der Waals surface area contributed by atoms with Crippen LogP contribution in [0.4, 0.5) is 5.69 Å². The number of hydrogen-bond donors (Lipinski definition) is 2. The number of anilines is 1. The third kappa shape index (κ3) is 2.40. The Hall–Kier alpha value is -2.29. The second-order valence-corrected chi connectivity index (χ2v) is 5.84. The molecule has 3 nitrogen and oxygen atoms in total. The second kappa shape index (κ2) is 4.92. The summed E-state index contributed by atoms with van der Waals surface area (Å²) in [6, 6.07) is 14.8. The van der Waals surface area contributed by atoms with E-state index in [-0.39, 0.29) is 5.91 Å². The molecule has 21 heavy (non-hydrogen) atoms. The Morgan fingerprint density at radius 3 is 2.81 bits per heavy atom. The molecular formula is C18H18N2O. The van der Waals surface area contributed by atoms with Crippen LogP contribution in [0.3, 0.4) is 0 Å². The fourth-order valence-corrected chi connectivity index (χ4v) is 2.89. The maximum absolute atomic E-state index is 12.3. The molecule has 0 aromatic heterocycles. The van der Waals surface area contributed by atoms with E-state index in [1.54, 1.807) is 0 Å². The molecule has 4 rings (SSSR count). The van der Waals surface area contributed by atoms with Gasteiger partial charge in [-0.1, -0.05) is 24.3 Å². The molecule has 2 aliphatic rings. The maximum atomic E-state index is 12.3. The lowest BCUT2D eigenvalue weighted by Crippen LogP contribution is -2.25. The van der Waals surface area contributed by atoms with E-state index in [1.807, 2.05) is 24.3 Å². The summed E-state index contributed by atoms with van der Waals surface area (Å²) in [5.41, 5.74) is 5.58. The van der Waals surface area contributed by atoms with Crippen LogP contribution in [0.5, 0.6) is 0 Å². The van der Waals surface area contributed by atoms with Crippen LogP contribution in [0.2, 0.25) is 0 Å². The zero-order valence-corrected chi connectivity index (χ0v) is 11.9. The summed E-state index contributed by atoms with van der Waals surface area (Å²) in [4.78, 5) is 12.3. The molecule has 0 saturated heterocycles. The molecule has 1 aliphatic heterocycles. The Balaban J connectivity index is 1.76. The van der Waals surface area contributed by atoms with Gasteiger partial charge in [-0.05, 0) is 48.6 Å².